The Balaban J connectivity index is 1.82. The summed E-state index contributed by atoms with van der Waals surface area (Å²) < 4.78 is 27.4. The van der Waals surface area contributed by atoms with Gasteiger partial charge in [0.05, 0.1) is 11.4 Å². The van der Waals surface area contributed by atoms with Crippen molar-refractivity contribution in [2.24, 2.45) is 0 Å². The quantitative estimate of drug-likeness (QED) is 0.746. The summed E-state index contributed by atoms with van der Waals surface area (Å²) in [5, 5.41) is 6.98. The number of sulfonamides is 1. The minimum absolute atomic E-state index is 0.0856. The Kier molecular flexibility index (Phi) is 4.35. The van der Waals surface area contributed by atoms with E-state index in [9.17, 15) is 8.42 Å². The molecule has 0 bridgehead atoms. The van der Waals surface area contributed by atoms with E-state index < -0.39 is 10.0 Å². The predicted octanol–water partition coefficient (Wildman–Crippen LogP) is 3.03. The first kappa shape index (κ1) is 16.2. The normalized spacial score (nSPS) is 11.4. The van der Waals surface area contributed by atoms with E-state index in [4.69, 9.17) is 0 Å². The fourth-order valence-corrected chi connectivity index (χ4v) is 3.70. The summed E-state index contributed by atoms with van der Waals surface area (Å²) in [5.74, 6) is 0.298. The van der Waals surface area contributed by atoms with E-state index in [0.717, 1.165) is 22.3 Å². The van der Waals surface area contributed by atoms with E-state index in [1.165, 1.54) is 0 Å². The molecule has 3 aromatic rings. The van der Waals surface area contributed by atoms with Crippen molar-refractivity contribution >= 4 is 15.8 Å². The summed E-state index contributed by atoms with van der Waals surface area (Å²) in [6.07, 6.45) is 3.34. The number of benzene rings is 1. The third-order valence-electron chi connectivity index (χ3n) is 3.66. The van der Waals surface area contributed by atoms with Gasteiger partial charge in [0.25, 0.3) is 0 Å². The molecule has 2 heterocycles. The van der Waals surface area contributed by atoms with Gasteiger partial charge in [0.2, 0.25) is 10.0 Å². The molecule has 0 aliphatic heterocycles. The van der Waals surface area contributed by atoms with Gasteiger partial charge < -0.3 is 0 Å². The van der Waals surface area contributed by atoms with Crippen LogP contribution in [0.15, 0.2) is 48.8 Å². The first-order chi connectivity index (χ1) is 11.4. The van der Waals surface area contributed by atoms with Crippen molar-refractivity contribution < 1.29 is 8.42 Å². The number of aromatic amines is 1. The van der Waals surface area contributed by atoms with Crippen LogP contribution in [0.5, 0.6) is 0 Å². The molecule has 0 amide bonds. The van der Waals surface area contributed by atoms with Crippen molar-refractivity contribution in [2.45, 2.75) is 19.6 Å². The van der Waals surface area contributed by atoms with Crippen molar-refractivity contribution in [1.82, 2.24) is 15.2 Å². The topological polar surface area (TPSA) is 87.7 Å². The number of anilines is 1. The van der Waals surface area contributed by atoms with Gasteiger partial charge in [-0.25, -0.2) is 8.42 Å². The Morgan fingerprint density at radius 2 is 1.88 bits per heavy atom. The van der Waals surface area contributed by atoms with Crippen molar-refractivity contribution in [3.05, 3.63) is 65.5 Å². The number of nitrogens with one attached hydrogen (secondary N) is 2. The van der Waals surface area contributed by atoms with Crippen LogP contribution in [0.3, 0.4) is 0 Å². The van der Waals surface area contributed by atoms with E-state index in [1.807, 2.05) is 44.2 Å². The zero-order chi connectivity index (χ0) is 17.2. The second-order valence-electron chi connectivity index (χ2n) is 5.66. The SMILES string of the molecule is Cc1cccc(CS(=O)(=O)Nc2[nH]nc(-c3ccncc3)c2C)c1. The molecule has 0 spiro atoms. The summed E-state index contributed by atoms with van der Waals surface area (Å²) in [4.78, 5) is 3.97. The zero-order valence-electron chi connectivity index (χ0n) is 13.4. The summed E-state index contributed by atoms with van der Waals surface area (Å²) in [6.45, 7) is 3.76. The Morgan fingerprint density at radius 1 is 1.12 bits per heavy atom. The summed E-state index contributed by atoms with van der Waals surface area (Å²) in [6, 6.07) is 11.1. The van der Waals surface area contributed by atoms with Gasteiger partial charge in [0.1, 0.15) is 5.82 Å². The number of aryl methyl sites for hydroxylation is 1. The Hall–Kier alpha value is -2.67. The molecule has 0 aliphatic rings. The number of aromatic nitrogens is 3. The van der Waals surface area contributed by atoms with E-state index in [2.05, 4.69) is 19.9 Å². The van der Waals surface area contributed by atoms with E-state index >= 15 is 0 Å². The van der Waals surface area contributed by atoms with Crippen LogP contribution in [0.1, 0.15) is 16.7 Å². The van der Waals surface area contributed by atoms with E-state index in [1.54, 1.807) is 18.5 Å². The number of rotatable bonds is 5. The number of hydrogen-bond acceptors (Lipinski definition) is 4. The minimum Gasteiger partial charge on any atom is -0.267 e. The van der Waals surface area contributed by atoms with Crippen molar-refractivity contribution in [1.29, 1.82) is 0 Å². The first-order valence-electron chi connectivity index (χ1n) is 7.46. The standard InChI is InChI=1S/C17H18N4O2S/c1-12-4-3-5-14(10-12)11-24(22,23)21-17-13(2)16(19-20-17)15-6-8-18-9-7-15/h3-10H,11H2,1-2H3,(H2,19,20,21). The van der Waals surface area contributed by atoms with E-state index in [0.29, 0.717) is 11.5 Å². The minimum atomic E-state index is -3.53. The van der Waals surface area contributed by atoms with E-state index in [-0.39, 0.29) is 5.75 Å². The molecule has 0 fully saturated rings. The zero-order valence-corrected chi connectivity index (χ0v) is 14.3. The fraction of sp³-hybridized carbons (Fsp3) is 0.176. The molecule has 0 radical (unpaired) electrons. The maximum atomic E-state index is 12.4. The van der Waals surface area contributed by atoms with Crippen LogP contribution < -0.4 is 4.72 Å². The lowest BCUT2D eigenvalue weighted by molar-refractivity contribution is 0.600. The van der Waals surface area contributed by atoms with Crippen LogP contribution in [-0.4, -0.2) is 23.6 Å². The highest BCUT2D eigenvalue weighted by atomic mass is 32.2. The third kappa shape index (κ3) is 3.62. The molecule has 0 saturated heterocycles. The largest absolute Gasteiger partial charge is 0.267 e. The number of nitrogens with zero attached hydrogens (tertiary/aromatic N) is 2. The molecule has 2 aromatic heterocycles. The Labute approximate surface area is 141 Å². The van der Waals surface area contributed by atoms with Gasteiger partial charge in [0.15, 0.2) is 0 Å². The lowest BCUT2D eigenvalue weighted by Crippen LogP contribution is -2.16. The van der Waals surface area contributed by atoms with Gasteiger partial charge in [-0.2, -0.15) is 5.10 Å². The molecule has 3 rings (SSSR count). The Bertz CT molecular complexity index is 950. The molecular weight excluding hydrogens is 324 g/mol. The predicted molar refractivity (Wildman–Crippen MR) is 94.0 cm³/mol. The van der Waals surface area contributed by atoms with Crippen LogP contribution in [0.2, 0.25) is 0 Å². The highest BCUT2D eigenvalue weighted by molar-refractivity contribution is 7.91. The maximum absolute atomic E-state index is 12.4. The number of H-pyrrole nitrogens is 1. The van der Waals surface area contributed by atoms with Gasteiger partial charge in [-0.15, -0.1) is 0 Å². The lowest BCUT2D eigenvalue weighted by Gasteiger charge is -2.08. The molecule has 0 saturated carbocycles. The smallest absolute Gasteiger partial charge is 0.238 e. The van der Waals surface area contributed by atoms with Crippen LogP contribution in [-0.2, 0) is 15.8 Å². The van der Waals surface area contributed by atoms with Crippen LogP contribution in [0, 0.1) is 13.8 Å². The highest BCUT2D eigenvalue weighted by Gasteiger charge is 2.17. The summed E-state index contributed by atoms with van der Waals surface area (Å²) >= 11 is 0. The number of hydrogen-bond donors (Lipinski definition) is 2. The Morgan fingerprint density at radius 3 is 2.58 bits per heavy atom. The molecule has 7 heteroatoms. The third-order valence-corrected chi connectivity index (χ3v) is 4.89. The van der Waals surface area contributed by atoms with Crippen LogP contribution in [0.4, 0.5) is 5.82 Å². The first-order valence-corrected chi connectivity index (χ1v) is 9.11. The average molecular weight is 342 g/mol. The average Bonchev–Trinajstić information content (AvgIpc) is 2.88. The molecule has 0 unspecified atom stereocenters. The van der Waals surface area contributed by atoms with Gasteiger partial charge >= 0.3 is 0 Å². The molecule has 1 aromatic carbocycles. The molecular formula is C17H18N4O2S. The van der Waals surface area contributed by atoms with Gasteiger partial charge in [-0.05, 0) is 31.5 Å². The number of pyridine rings is 1. The van der Waals surface area contributed by atoms with Crippen molar-refractivity contribution in [3.8, 4) is 11.3 Å². The summed E-state index contributed by atoms with van der Waals surface area (Å²) in [5.41, 5.74) is 4.09. The molecule has 0 aliphatic carbocycles. The molecule has 0 atom stereocenters. The molecule has 2 N–H and O–H groups in total. The fourth-order valence-electron chi connectivity index (χ4n) is 2.50. The highest BCUT2D eigenvalue weighted by Crippen LogP contribution is 2.26. The summed E-state index contributed by atoms with van der Waals surface area (Å²) in [7, 11) is -3.53. The lowest BCUT2D eigenvalue weighted by atomic mass is 10.1. The van der Waals surface area contributed by atoms with Gasteiger partial charge in [-0.3, -0.25) is 14.8 Å². The van der Waals surface area contributed by atoms with Gasteiger partial charge in [-0.1, -0.05) is 29.8 Å². The van der Waals surface area contributed by atoms with Crippen LogP contribution >= 0.6 is 0 Å². The molecule has 124 valence electrons. The second-order valence-corrected chi connectivity index (χ2v) is 7.38. The second kappa shape index (κ2) is 6.45. The van der Waals surface area contributed by atoms with Crippen LogP contribution in [0.25, 0.3) is 11.3 Å². The van der Waals surface area contributed by atoms with Crippen molar-refractivity contribution in [2.75, 3.05) is 4.72 Å². The maximum Gasteiger partial charge on any atom is 0.238 e. The van der Waals surface area contributed by atoms with Gasteiger partial charge in [0, 0.05) is 23.5 Å². The van der Waals surface area contributed by atoms with Crippen molar-refractivity contribution in [3.63, 3.8) is 0 Å². The molecule has 6 nitrogen and oxygen atoms in total. The monoisotopic (exact) mass is 342 g/mol. The molecule has 24 heavy (non-hydrogen) atoms.